The molecule has 0 aromatic carbocycles. The minimum absolute atomic E-state index is 0.0481. The summed E-state index contributed by atoms with van der Waals surface area (Å²) < 4.78 is 6.82. The van der Waals surface area contributed by atoms with Crippen molar-refractivity contribution in [2.75, 3.05) is 13.7 Å². The van der Waals surface area contributed by atoms with Gasteiger partial charge in [-0.3, -0.25) is 4.68 Å². The van der Waals surface area contributed by atoms with E-state index in [2.05, 4.69) is 30.4 Å². The van der Waals surface area contributed by atoms with E-state index in [1.807, 2.05) is 17.9 Å². The number of amides is 1. The molecule has 2 atom stereocenters. The maximum absolute atomic E-state index is 12.1. The third kappa shape index (κ3) is 2.14. The SMILES string of the molecule is COC(=O)N1C[C@H](c2cnn(C)c2C)c2sccc2[C@@H]1C. The summed E-state index contributed by atoms with van der Waals surface area (Å²) in [6.45, 7) is 4.75. The Morgan fingerprint density at radius 1 is 1.48 bits per heavy atom. The molecule has 3 rings (SSSR count). The van der Waals surface area contributed by atoms with Crippen LogP contribution in [0.3, 0.4) is 0 Å². The topological polar surface area (TPSA) is 47.4 Å². The smallest absolute Gasteiger partial charge is 0.410 e. The molecule has 5 nitrogen and oxygen atoms in total. The zero-order valence-corrected chi connectivity index (χ0v) is 13.5. The van der Waals surface area contributed by atoms with Gasteiger partial charge >= 0.3 is 6.09 Å². The third-order valence-electron chi connectivity index (χ3n) is 4.40. The predicted octanol–water partition coefficient (Wildman–Crippen LogP) is 3.06. The standard InChI is InChI=1S/C15H19N3O2S/c1-9-12(7-16-17(9)3)13-8-18(15(19)20-4)10(2)11-5-6-21-14(11)13/h5-7,10,13H,8H2,1-4H3/t10-,13+/m0/s1. The Bertz CT molecular complexity index is 676. The lowest BCUT2D eigenvalue weighted by atomic mass is 9.88. The maximum atomic E-state index is 12.1. The number of aromatic nitrogens is 2. The van der Waals surface area contributed by atoms with E-state index in [-0.39, 0.29) is 18.1 Å². The highest BCUT2D eigenvalue weighted by Crippen LogP contribution is 2.43. The Balaban J connectivity index is 2.07. The van der Waals surface area contributed by atoms with Crippen LogP contribution in [0.1, 0.15) is 40.6 Å². The van der Waals surface area contributed by atoms with Crippen LogP contribution in [0.4, 0.5) is 4.79 Å². The Hall–Kier alpha value is -1.82. The van der Waals surface area contributed by atoms with Crippen molar-refractivity contribution < 1.29 is 9.53 Å². The van der Waals surface area contributed by atoms with Crippen LogP contribution in [-0.4, -0.2) is 34.4 Å². The van der Waals surface area contributed by atoms with Gasteiger partial charge in [0.15, 0.2) is 0 Å². The van der Waals surface area contributed by atoms with Crippen LogP contribution in [0.2, 0.25) is 0 Å². The first-order valence-corrected chi connectivity index (χ1v) is 7.83. The van der Waals surface area contributed by atoms with Crippen molar-refractivity contribution in [2.45, 2.75) is 25.8 Å². The zero-order valence-electron chi connectivity index (χ0n) is 12.7. The van der Waals surface area contributed by atoms with Crippen LogP contribution in [-0.2, 0) is 11.8 Å². The molecule has 2 aromatic heterocycles. The van der Waals surface area contributed by atoms with Crippen molar-refractivity contribution in [3.63, 3.8) is 0 Å². The number of hydrogen-bond acceptors (Lipinski definition) is 4. The number of methoxy groups -OCH3 is 1. The monoisotopic (exact) mass is 305 g/mol. The number of carbonyl (C=O) groups is 1. The molecular weight excluding hydrogens is 286 g/mol. The van der Waals surface area contributed by atoms with Crippen LogP contribution in [0.5, 0.6) is 0 Å². The summed E-state index contributed by atoms with van der Waals surface area (Å²) in [7, 11) is 3.38. The van der Waals surface area contributed by atoms with E-state index in [4.69, 9.17) is 4.74 Å². The van der Waals surface area contributed by atoms with E-state index in [0.29, 0.717) is 6.54 Å². The van der Waals surface area contributed by atoms with Crippen LogP contribution in [0.15, 0.2) is 17.6 Å². The highest BCUT2D eigenvalue weighted by Gasteiger charge is 2.36. The summed E-state index contributed by atoms with van der Waals surface area (Å²) >= 11 is 1.76. The molecule has 6 heteroatoms. The van der Waals surface area contributed by atoms with Crippen molar-refractivity contribution in [3.05, 3.63) is 39.3 Å². The first kappa shape index (κ1) is 14.1. The van der Waals surface area contributed by atoms with E-state index >= 15 is 0 Å². The van der Waals surface area contributed by atoms with E-state index in [1.54, 1.807) is 16.2 Å². The molecule has 0 spiro atoms. The van der Waals surface area contributed by atoms with E-state index in [0.717, 1.165) is 5.69 Å². The largest absolute Gasteiger partial charge is 0.453 e. The second-order valence-electron chi connectivity index (χ2n) is 5.40. The van der Waals surface area contributed by atoms with Gasteiger partial charge in [-0.05, 0) is 30.9 Å². The normalized spacial score (nSPS) is 21.2. The van der Waals surface area contributed by atoms with Gasteiger partial charge in [-0.1, -0.05) is 0 Å². The lowest BCUT2D eigenvalue weighted by Crippen LogP contribution is -2.40. The first-order valence-electron chi connectivity index (χ1n) is 6.95. The Kier molecular flexibility index (Phi) is 3.49. The van der Waals surface area contributed by atoms with Crippen molar-refractivity contribution in [1.82, 2.24) is 14.7 Å². The van der Waals surface area contributed by atoms with Crippen LogP contribution in [0, 0.1) is 6.92 Å². The van der Waals surface area contributed by atoms with Crippen molar-refractivity contribution in [2.24, 2.45) is 7.05 Å². The quantitative estimate of drug-likeness (QED) is 0.813. The molecular formula is C15H19N3O2S. The van der Waals surface area contributed by atoms with Gasteiger partial charge in [0.1, 0.15) is 0 Å². The first-order chi connectivity index (χ1) is 10.0. The lowest BCUT2D eigenvalue weighted by Gasteiger charge is -2.37. The van der Waals surface area contributed by atoms with Gasteiger partial charge in [-0.25, -0.2) is 4.79 Å². The summed E-state index contributed by atoms with van der Waals surface area (Å²) in [6, 6.07) is 2.16. The Morgan fingerprint density at radius 2 is 2.24 bits per heavy atom. The molecule has 1 aliphatic heterocycles. The molecule has 3 heterocycles. The van der Waals surface area contributed by atoms with Crippen LogP contribution >= 0.6 is 11.3 Å². The molecule has 0 saturated heterocycles. The number of rotatable bonds is 1. The molecule has 0 fully saturated rings. The highest BCUT2D eigenvalue weighted by atomic mass is 32.1. The number of thiophene rings is 1. The van der Waals surface area contributed by atoms with Crippen molar-refractivity contribution >= 4 is 17.4 Å². The maximum Gasteiger partial charge on any atom is 0.410 e. The number of nitrogens with zero attached hydrogens (tertiary/aromatic N) is 3. The van der Waals surface area contributed by atoms with Crippen molar-refractivity contribution in [3.8, 4) is 0 Å². The second-order valence-corrected chi connectivity index (χ2v) is 6.35. The zero-order chi connectivity index (χ0) is 15.1. The molecule has 0 bridgehead atoms. The van der Waals surface area contributed by atoms with Gasteiger partial charge in [0.2, 0.25) is 0 Å². The molecule has 2 aromatic rings. The molecule has 0 N–H and O–H groups in total. The summed E-state index contributed by atoms with van der Waals surface area (Å²) in [5, 5.41) is 6.44. The molecule has 21 heavy (non-hydrogen) atoms. The average molecular weight is 305 g/mol. The molecule has 0 aliphatic carbocycles. The van der Waals surface area contributed by atoms with Gasteiger partial charge in [-0.2, -0.15) is 5.10 Å². The van der Waals surface area contributed by atoms with E-state index in [9.17, 15) is 4.79 Å². The number of ether oxygens (including phenoxy) is 1. The minimum atomic E-state index is -0.272. The lowest BCUT2D eigenvalue weighted by molar-refractivity contribution is 0.102. The second kappa shape index (κ2) is 5.18. The fourth-order valence-corrected chi connectivity index (χ4v) is 4.11. The third-order valence-corrected chi connectivity index (χ3v) is 5.44. The number of fused-ring (bicyclic) bond motifs is 1. The van der Waals surface area contributed by atoms with Gasteiger partial charge in [0.25, 0.3) is 0 Å². The van der Waals surface area contributed by atoms with Crippen molar-refractivity contribution in [1.29, 1.82) is 0 Å². The van der Waals surface area contributed by atoms with E-state index < -0.39 is 0 Å². The summed E-state index contributed by atoms with van der Waals surface area (Å²) in [5.41, 5.74) is 3.53. The van der Waals surface area contributed by atoms with Crippen LogP contribution < -0.4 is 0 Å². The number of hydrogen-bond donors (Lipinski definition) is 0. The van der Waals surface area contributed by atoms with Gasteiger partial charge in [-0.15, -0.1) is 11.3 Å². The summed E-state index contributed by atoms with van der Waals surface area (Å²) in [6.07, 6.45) is 1.64. The molecule has 112 valence electrons. The predicted molar refractivity (Wildman–Crippen MR) is 81.6 cm³/mol. The average Bonchev–Trinajstić information content (AvgIpc) is 3.08. The molecule has 1 amide bonds. The van der Waals surface area contributed by atoms with Crippen LogP contribution in [0.25, 0.3) is 0 Å². The summed E-state index contributed by atoms with van der Waals surface area (Å²) in [4.78, 5) is 15.2. The van der Waals surface area contributed by atoms with Gasteiger partial charge in [0, 0.05) is 35.6 Å². The fourth-order valence-electron chi connectivity index (χ4n) is 3.01. The molecule has 1 aliphatic rings. The molecule has 0 radical (unpaired) electrons. The minimum Gasteiger partial charge on any atom is -0.453 e. The Morgan fingerprint density at radius 3 is 2.86 bits per heavy atom. The Labute approximate surface area is 128 Å². The summed E-state index contributed by atoms with van der Waals surface area (Å²) in [5.74, 6) is 0.170. The molecule has 0 unspecified atom stereocenters. The molecule has 0 saturated carbocycles. The van der Waals surface area contributed by atoms with E-state index in [1.165, 1.54) is 23.1 Å². The fraction of sp³-hybridized carbons (Fsp3) is 0.467. The van der Waals surface area contributed by atoms with Gasteiger partial charge in [0.05, 0.1) is 19.3 Å². The number of aryl methyl sites for hydroxylation is 1. The number of carbonyl (C=O) groups excluding carboxylic acids is 1. The highest BCUT2D eigenvalue weighted by molar-refractivity contribution is 7.10. The van der Waals surface area contributed by atoms with Gasteiger partial charge < -0.3 is 9.64 Å².